The Morgan fingerprint density at radius 3 is 2.64 bits per heavy atom. The Morgan fingerprint density at radius 1 is 1.07 bits per heavy atom. The first-order valence-electron chi connectivity index (χ1n) is 15.3. The molecule has 12 heteroatoms. The molecule has 1 amide bonds. The third-order valence-electron chi connectivity index (χ3n) is 8.99. The molecule has 3 aliphatic heterocycles. The van der Waals surface area contributed by atoms with Gasteiger partial charge in [-0.2, -0.15) is 10.1 Å². The van der Waals surface area contributed by atoms with Gasteiger partial charge in [-0.15, -0.1) is 0 Å². The van der Waals surface area contributed by atoms with Crippen LogP contribution in [0.4, 0.5) is 21.8 Å². The maximum absolute atomic E-state index is 15.0. The number of amides is 1. The van der Waals surface area contributed by atoms with Gasteiger partial charge in [0.1, 0.15) is 17.4 Å². The first-order chi connectivity index (χ1) is 21.2. The zero-order valence-corrected chi connectivity index (χ0v) is 25.4. The van der Waals surface area contributed by atoms with Crippen molar-refractivity contribution in [1.29, 1.82) is 0 Å². The van der Waals surface area contributed by atoms with Crippen molar-refractivity contribution in [2.24, 2.45) is 5.73 Å². The molecule has 0 atom stereocenters. The van der Waals surface area contributed by atoms with Crippen molar-refractivity contribution < 1.29 is 14.3 Å². The van der Waals surface area contributed by atoms with Crippen LogP contribution in [-0.4, -0.2) is 82.0 Å². The van der Waals surface area contributed by atoms with E-state index < -0.39 is 0 Å². The topological polar surface area (TPSA) is 120 Å². The quantitative estimate of drug-likeness (QED) is 0.357. The molecular formula is C32H38FN9O2. The van der Waals surface area contributed by atoms with Crippen LogP contribution in [0, 0.1) is 5.82 Å². The first kappa shape index (κ1) is 28.3. The van der Waals surface area contributed by atoms with E-state index in [4.69, 9.17) is 15.7 Å². The molecule has 3 aliphatic rings. The van der Waals surface area contributed by atoms with Gasteiger partial charge < -0.3 is 30.4 Å². The van der Waals surface area contributed by atoms with Crippen molar-refractivity contribution in [3.8, 4) is 5.75 Å². The van der Waals surface area contributed by atoms with Gasteiger partial charge in [-0.05, 0) is 48.4 Å². The lowest BCUT2D eigenvalue weighted by atomic mass is 9.97. The summed E-state index contributed by atoms with van der Waals surface area (Å²) in [5.41, 5.74) is 11.0. The normalized spacial score (nSPS) is 16.9. The predicted molar refractivity (Wildman–Crippen MR) is 168 cm³/mol. The summed E-state index contributed by atoms with van der Waals surface area (Å²) in [6.07, 6.45) is 2.10. The number of rotatable bonds is 5. The van der Waals surface area contributed by atoms with Gasteiger partial charge >= 0.3 is 0 Å². The van der Waals surface area contributed by atoms with Gasteiger partial charge in [0.15, 0.2) is 5.69 Å². The molecule has 0 radical (unpaired) electrons. The number of nitrogens with two attached hydrogens (primary N) is 1. The lowest BCUT2D eigenvalue weighted by Gasteiger charge is -2.39. The Hall–Kier alpha value is -4.45. The molecule has 230 valence electrons. The van der Waals surface area contributed by atoms with E-state index in [2.05, 4.69) is 19.8 Å². The van der Waals surface area contributed by atoms with Gasteiger partial charge in [0.05, 0.1) is 24.5 Å². The van der Waals surface area contributed by atoms with Crippen LogP contribution in [0.15, 0.2) is 30.3 Å². The van der Waals surface area contributed by atoms with Crippen LogP contribution in [0.1, 0.15) is 46.3 Å². The van der Waals surface area contributed by atoms with Crippen molar-refractivity contribution in [1.82, 2.24) is 24.6 Å². The summed E-state index contributed by atoms with van der Waals surface area (Å²) in [5.74, 6) is 1.37. The molecule has 5 heterocycles. The molecule has 0 saturated carbocycles. The van der Waals surface area contributed by atoms with Crippen LogP contribution in [0.2, 0.25) is 0 Å². The van der Waals surface area contributed by atoms with E-state index in [0.717, 1.165) is 58.7 Å². The van der Waals surface area contributed by atoms with Crippen LogP contribution >= 0.6 is 0 Å². The fraction of sp³-hybridized carbons (Fsp3) is 0.438. The fourth-order valence-electron chi connectivity index (χ4n) is 6.73. The van der Waals surface area contributed by atoms with E-state index in [9.17, 15) is 14.3 Å². The van der Waals surface area contributed by atoms with E-state index in [-0.39, 0.29) is 23.5 Å². The van der Waals surface area contributed by atoms with Crippen molar-refractivity contribution in [2.45, 2.75) is 51.9 Å². The molecule has 0 bridgehead atoms. The number of benzene rings is 2. The molecule has 11 nitrogen and oxygen atoms in total. The summed E-state index contributed by atoms with van der Waals surface area (Å²) in [6, 6.07) is 8.64. The van der Waals surface area contributed by atoms with E-state index in [0.29, 0.717) is 62.8 Å². The average molecular weight is 600 g/mol. The van der Waals surface area contributed by atoms with Gasteiger partial charge in [-0.1, -0.05) is 13.0 Å². The number of phenolic OH excluding ortho intramolecular Hbond substituents is 1. The lowest BCUT2D eigenvalue weighted by Crippen LogP contribution is -2.56. The van der Waals surface area contributed by atoms with Crippen LogP contribution in [0.5, 0.6) is 5.75 Å². The number of carbonyl (C=O) groups excluding carboxylic acids is 1. The molecule has 0 aliphatic carbocycles. The summed E-state index contributed by atoms with van der Waals surface area (Å²) >= 11 is 0. The second kappa shape index (κ2) is 10.9. The summed E-state index contributed by atoms with van der Waals surface area (Å²) < 4.78 is 16.9. The molecule has 2 aromatic carbocycles. The number of nitrogens with zero attached hydrogens (tertiary/aromatic N) is 8. The van der Waals surface area contributed by atoms with Crippen LogP contribution < -0.4 is 20.4 Å². The first-order valence-corrected chi connectivity index (χ1v) is 15.3. The van der Waals surface area contributed by atoms with Crippen molar-refractivity contribution in [3.05, 3.63) is 64.4 Å². The van der Waals surface area contributed by atoms with Crippen LogP contribution in [-0.2, 0) is 32.5 Å². The molecule has 4 aromatic rings. The number of anilines is 3. The largest absolute Gasteiger partial charge is 0.508 e. The van der Waals surface area contributed by atoms with Gasteiger partial charge in [0.25, 0.3) is 5.91 Å². The minimum Gasteiger partial charge on any atom is -0.508 e. The summed E-state index contributed by atoms with van der Waals surface area (Å²) in [5, 5.41) is 16.9. The highest BCUT2D eigenvalue weighted by Gasteiger charge is 2.32. The van der Waals surface area contributed by atoms with E-state index in [1.54, 1.807) is 37.2 Å². The third kappa shape index (κ3) is 4.86. The molecule has 0 unspecified atom stereocenters. The van der Waals surface area contributed by atoms with Gasteiger partial charge in [-0.25, -0.2) is 9.37 Å². The lowest BCUT2D eigenvalue weighted by molar-refractivity contribution is 0.0821. The minimum absolute atomic E-state index is 0.0933. The molecule has 7 rings (SSSR count). The van der Waals surface area contributed by atoms with E-state index in [1.165, 1.54) is 6.07 Å². The molecule has 3 N–H and O–H groups in total. The second-order valence-corrected chi connectivity index (χ2v) is 12.3. The zero-order chi connectivity index (χ0) is 30.7. The highest BCUT2D eigenvalue weighted by molar-refractivity contribution is 5.98. The minimum atomic E-state index is -0.235. The van der Waals surface area contributed by atoms with Gasteiger partial charge in [-0.3, -0.25) is 9.48 Å². The van der Waals surface area contributed by atoms with E-state index in [1.807, 2.05) is 17.7 Å². The van der Waals surface area contributed by atoms with Crippen LogP contribution in [0.25, 0.3) is 10.8 Å². The predicted octanol–water partition coefficient (Wildman–Crippen LogP) is 3.06. The monoisotopic (exact) mass is 599 g/mol. The number of halogens is 1. The summed E-state index contributed by atoms with van der Waals surface area (Å²) in [6.45, 7) is 6.62. The number of hydrogen-bond donors (Lipinski definition) is 2. The average Bonchev–Trinajstić information content (AvgIpc) is 3.28. The van der Waals surface area contributed by atoms with Crippen LogP contribution in [0.3, 0.4) is 0 Å². The molecular weight excluding hydrogens is 561 g/mol. The Labute approximate surface area is 255 Å². The number of hydrogen-bond acceptors (Lipinski definition) is 9. The summed E-state index contributed by atoms with van der Waals surface area (Å²) in [4.78, 5) is 31.0. The Morgan fingerprint density at radius 2 is 1.89 bits per heavy atom. The molecule has 44 heavy (non-hydrogen) atoms. The van der Waals surface area contributed by atoms with E-state index >= 15 is 0 Å². The number of carbonyl (C=O) groups is 1. The molecule has 0 spiro atoms. The maximum atomic E-state index is 15.0. The number of fused-ring (bicyclic) bond motifs is 3. The smallest absolute Gasteiger partial charge is 0.273 e. The Bertz CT molecular complexity index is 1760. The fourth-order valence-corrected chi connectivity index (χ4v) is 6.73. The Kier molecular flexibility index (Phi) is 7.03. The SMILES string of the molecule is CCc1c(F)ccc2cc(O)cc(N3CCc4c(nc(N5CC(N)C5)nc4N4CCCn5nc(C(=O)N(C)C)cc5C4)C3)c12. The number of phenols is 1. The molecule has 1 saturated heterocycles. The van der Waals surface area contributed by atoms with Crippen molar-refractivity contribution in [2.75, 3.05) is 55.0 Å². The maximum Gasteiger partial charge on any atom is 0.273 e. The summed E-state index contributed by atoms with van der Waals surface area (Å²) in [7, 11) is 3.47. The van der Waals surface area contributed by atoms with Crippen molar-refractivity contribution in [3.63, 3.8) is 0 Å². The third-order valence-corrected chi connectivity index (χ3v) is 8.99. The second-order valence-electron chi connectivity index (χ2n) is 12.3. The van der Waals surface area contributed by atoms with Gasteiger partial charge in [0.2, 0.25) is 5.95 Å². The van der Waals surface area contributed by atoms with Crippen molar-refractivity contribution >= 4 is 34.1 Å². The number of aryl methyl sites for hydroxylation is 2. The highest BCUT2D eigenvalue weighted by Crippen LogP contribution is 2.39. The number of aromatic hydroxyl groups is 1. The zero-order valence-electron chi connectivity index (χ0n) is 25.4. The molecule has 2 aromatic heterocycles. The molecule has 1 fully saturated rings. The standard InChI is InChI=1S/C32H38FN9O2/c1-4-23-25(33)7-6-19-12-22(43)14-28(29(19)23)39-11-8-24-27(18-39)35-32(41-15-20(34)16-41)36-30(24)40-9-5-10-42-21(17-40)13-26(37-42)31(44)38(2)3/h6-7,12-14,20,43H,4-5,8-11,15-18,34H2,1-3H3. The number of aromatic nitrogens is 4. The van der Waals surface area contributed by atoms with Gasteiger partial charge in [0, 0.05) is 75.6 Å². The Balaban J connectivity index is 1.28. The highest BCUT2D eigenvalue weighted by atomic mass is 19.1.